The van der Waals surface area contributed by atoms with E-state index in [1.165, 1.54) is 61.6 Å². The van der Waals surface area contributed by atoms with Crippen LogP contribution in [0.5, 0.6) is 0 Å². The molecule has 0 bridgehead atoms. The summed E-state index contributed by atoms with van der Waals surface area (Å²) < 4.78 is 119. The maximum Gasteiger partial charge on any atom is 0.422 e. The number of hydrogen-bond acceptors (Lipinski definition) is 12. The van der Waals surface area contributed by atoms with E-state index < -0.39 is 204 Å². The largest absolute Gasteiger partial charge is 0.422 e. The number of rotatable bonds is 13. The van der Waals surface area contributed by atoms with Crippen molar-refractivity contribution in [3.8, 4) is 0 Å². The van der Waals surface area contributed by atoms with E-state index in [0.717, 1.165) is 63.8 Å². The minimum atomic E-state index is -5.45. The zero-order valence-electron chi connectivity index (χ0n) is 61.4. The van der Waals surface area contributed by atoms with Crippen molar-refractivity contribution in [2.45, 2.75) is 224 Å². The quantitative estimate of drug-likeness (QED) is 0.171. The highest BCUT2D eigenvalue weighted by atomic mass is 19.4. The van der Waals surface area contributed by atoms with Crippen molar-refractivity contribution in [1.82, 2.24) is 55.1 Å². The second-order valence-electron chi connectivity index (χ2n) is 29.0. The lowest BCUT2D eigenvalue weighted by molar-refractivity contribution is -0.160. The van der Waals surface area contributed by atoms with Gasteiger partial charge in [-0.2, -0.15) is 26.3 Å². The van der Waals surface area contributed by atoms with Crippen molar-refractivity contribution in [3.63, 3.8) is 0 Å². The van der Waals surface area contributed by atoms with Gasteiger partial charge in [-0.05, 0) is 125 Å². The van der Waals surface area contributed by atoms with Crippen LogP contribution < -0.4 is 16.0 Å². The molecule has 2 aliphatic carbocycles. The van der Waals surface area contributed by atoms with Crippen molar-refractivity contribution in [2.75, 3.05) is 68.0 Å². The number of carbonyl (C=O) groups excluding carboxylic acids is 11. The fourth-order valence-corrected chi connectivity index (χ4v) is 14.9. The molecule has 3 N–H and O–H groups in total. The van der Waals surface area contributed by atoms with Gasteiger partial charge in [-0.1, -0.05) is 78.5 Å². The van der Waals surface area contributed by atoms with Crippen LogP contribution in [0.15, 0.2) is 48.7 Å². The van der Waals surface area contributed by atoms with Gasteiger partial charge in [-0.25, -0.2) is 8.78 Å². The maximum absolute atomic E-state index is 15.5. The lowest BCUT2D eigenvalue weighted by Gasteiger charge is -2.45. The Labute approximate surface area is 602 Å². The molecule has 3 heterocycles. The smallest absolute Gasteiger partial charge is 0.377 e. The highest BCUT2D eigenvalue weighted by Gasteiger charge is 2.53. The van der Waals surface area contributed by atoms with Crippen molar-refractivity contribution < 1.29 is 92.6 Å². The van der Waals surface area contributed by atoms with Gasteiger partial charge in [0.2, 0.25) is 65.0 Å². The second kappa shape index (κ2) is 34.8. The molecule has 576 valence electrons. The Morgan fingerprint density at radius 2 is 1.29 bits per heavy atom. The number of aryl methyl sites for hydroxylation is 1. The first-order chi connectivity index (χ1) is 48.7. The molecule has 0 radical (unpaired) electrons. The van der Waals surface area contributed by atoms with Crippen LogP contribution in [0.4, 0.5) is 35.1 Å². The van der Waals surface area contributed by atoms with E-state index in [9.17, 15) is 50.3 Å². The summed E-state index contributed by atoms with van der Waals surface area (Å²) >= 11 is 0. The van der Waals surface area contributed by atoms with Gasteiger partial charge < -0.3 is 59.9 Å². The fraction of sp³-hybridized carbons (Fsp3) is 0.658. The van der Waals surface area contributed by atoms with E-state index >= 15 is 37.5 Å². The normalized spacial score (nSPS) is 26.3. The van der Waals surface area contributed by atoms with Crippen LogP contribution in [0.25, 0.3) is 0 Å². The predicted octanol–water partition coefficient (Wildman–Crippen LogP) is 7.02. The first-order valence-corrected chi connectivity index (χ1v) is 35.9. The molecule has 23 nitrogen and oxygen atoms in total. The average molecular weight is 1480 g/mol. The van der Waals surface area contributed by atoms with Crippen molar-refractivity contribution in [2.24, 2.45) is 17.8 Å². The van der Waals surface area contributed by atoms with E-state index in [-0.39, 0.29) is 81.1 Å². The summed E-state index contributed by atoms with van der Waals surface area (Å²) in [6, 6.07) is -6.50. The zero-order chi connectivity index (χ0) is 77.4. The molecular formula is C73H101F8N11O12. The van der Waals surface area contributed by atoms with Gasteiger partial charge in [0.05, 0.1) is 24.6 Å². The number of amides is 11. The van der Waals surface area contributed by atoms with Gasteiger partial charge in [-0.15, -0.1) is 0 Å². The number of ether oxygens (including phenoxy) is 1. The van der Waals surface area contributed by atoms with Crippen molar-refractivity contribution >= 4 is 65.0 Å². The number of likely N-dealkylation sites (N-methyl/N-ethyl adjacent to an activating group) is 6. The first-order valence-electron chi connectivity index (χ1n) is 35.9. The lowest BCUT2D eigenvalue weighted by Crippen LogP contribution is -2.65. The Morgan fingerprint density at radius 3 is 1.83 bits per heavy atom. The Balaban J connectivity index is 1.32. The molecule has 0 aromatic heterocycles. The van der Waals surface area contributed by atoms with Crippen LogP contribution in [-0.2, 0) is 82.7 Å². The Kier molecular flexibility index (Phi) is 27.8. The molecule has 10 atom stereocenters. The molecule has 11 amide bonds. The Morgan fingerprint density at radius 1 is 0.673 bits per heavy atom. The molecule has 3 saturated heterocycles. The molecule has 7 rings (SSSR count). The number of hydrogen-bond donors (Lipinski definition) is 3. The number of benzene rings is 2. The molecule has 31 heteroatoms. The minimum Gasteiger partial charge on any atom is -0.377 e. The highest BCUT2D eigenvalue weighted by Crippen LogP contribution is 2.39. The summed E-state index contributed by atoms with van der Waals surface area (Å²) in [6.45, 7) is 14.4. The van der Waals surface area contributed by atoms with Crippen molar-refractivity contribution in [3.05, 3.63) is 82.6 Å². The Hall–Kier alpha value is -8.25. The molecule has 2 aromatic rings. The first kappa shape index (κ1) is 83.0. The maximum atomic E-state index is 15.5. The number of carbonyl (C=O) groups is 11. The average Bonchev–Trinajstić information content (AvgIpc) is 1.61. The molecule has 1 spiro atoms. The molecule has 5 fully saturated rings. The number of fused-ring (bicyclic) bond motifs is 2. The summed E-state index contributed by atoms with van der Waals surface area (Å²) in [5.74, 6) is -13.8. The number of nitrogens with one attached hydrogen (secondary N) is 3. The number of halogens is 8. The van der Waals surface area contributed by atoms with Crippen molar-refractivity contribution in [1.29, 1.82) is 0 Å². The Bertz CT molecular complexity index is 3490. The van der Waals surface area contributed by atoms with E-state index in [1.807, 2.05) is 13.8 Å². The molecule has 0 unspecified atom stereocenters. The van der Waals surface area contributed by atoms with Gasteiger partial charge in [0.1, 0.15) is 71.1 Å². The molecular weight excluding hydrogens is 1370 g/mol. The lowest BCUT2D eigenvalue weighted by atomic mass is 9.90. The van der Waals surface area contributed by atoms with Crippen LogP contribution in [0, 0.1) is 29.4 Å². The number of nitrogens with zero attached hydrogens (tertiary/aromatic N) is 8. The predicted molar refractivity (Wildman–Crippen MR) is 365 cm³/mol. The standard InChI is InChI=1S/C73H101F8N11O12/c1-14-42(6)60-68(101)87(11)44(8)64(97)91-32-29-53(91)67(100)90(15-2)56(37-45-23-26-48(27-24-45)72(76,77)78)66(99)85(9)40-57(93)82-52(28-25-46-35-50(74)59(51(75)36-46)73(79,80)81)65(98)92-39-49(104-16-3)38-55(92)63(96)84-71(30-19-20-31-71)70(103)89(13)61(47-21-17-18-22-47)69(102)86(10)43(7)34-58(94)88(12)54(33-41(4)5)62(95)83-60/h23-24,26-27,35-36,41-42,44,47,49,52-56,60-61H,7,14-22,25,28-34,37-40H2,1-6,8-13H3,(H,82,93)(H,83,95)(H,84,96)/t42-,44-,49+,52-,53-,54-,55-,56-,60-,61-/m0/s1. The van der Waals surface area contributed by atoms with Gasteiger partial charge in [0.25, 0.3) is 0 Å². The van der Waals surface area contributed by atoms with Gasteiger partial charge in [-0.3, -0.25) is 52.7 Å². The summed E-state index contributed by atoms with van der Waals surface area (Å²) in [6.07, 6.45) is -9.34. The SMILES string of the molecule is C=C1CC(=O)N(C)[C@@H](CC(C)C)C(=O)N[C@@H]([C@@H](C)CC)C(=O)N(C)[C@@H](C)C(=O)N2CC[C@H]2C(=O)N(CC)[C@@H](Cc2ccc(C(F)(F)F)cc2)C(=O)N(C)CC(=O)N[C@@H](CCc2cc(F)c(C(F)(F)F)c(F)c2)C(=O)N2C[C@H](OCC)C[C@H]2C(=O)NC2(CCCC2)C(=O)N(C)[C@@H](C2CCCC2)C(=O)N1C. The van der Waals surface area contributed by atoms with Crippen LogP contribution >= 0.6 is 0 Å². The highest BCUT2D eigenvalue weighted by molar-refractivity contribution is 6.00. The fourth-order valence-electron chi connectivity index (χ4n) is 14.9. The summed E-state index contributed by atoms with van der Waals surface area (Å²) in [5, 5.41) is 8.37. The molecule has 3 aliphatic heterocycles. The van der Waals surface area contributed by atoms with Gasteiger partial charge in [0.15, 0.2) is 0 Å². The van der Waals surface area contributed by atoms with Crippen LogP contribution in [-0.4, -0.2) is 232 Å². The van der Waals surface area contributed by atoms with E-state index in [0.29, 0.717) is 44.2 Å². The minimum absolute atomic E-state index is 0.00767. The monoisotopic (exact) mass is 1480 g/mol. The third-order valence-electron chi connectivity index (χ3n) is 21.5. The number of alkyl halides is 6. The topological polar surface area (TPSA) is 259 Å². The molecule has 5 aliphatic rings. The summed E-state index contributed by atoms with van der Waals surface area (Å²) in [4.78, 5) is 174. The van der Waals surface area contributed by atoms with Crippen LogP contribution in [0.1, 0.15) is 161 Å². The zero-order valence-corrected chi connectivity index (χ0v) is 61.4. The van der Waals surface area contributed by atoms with Crippen LogP contribution in [0.2, 0.25) is 0 Å². The van der Waals surface area contributed by atoms with E-state index in [4.69, 9.17) is 4.74 Å². The van der Waals surface area contributed by atoms with E-state index in [1.54, 1.807) is 20.8 Å². The van der Waals surface area contributed by atoms with E-state index in [2.05, 4.69) is 22.5 Å². The summed E-state index contributed by atoms with van der Waals surface area (Å²) in [5.41, 5.74) is -5.13. The van der Waals surface area contributed by atoms with Gasteiger partial charge >= 0.3 is 12.4 Å². The summed E-state index contributed by atoms with van der Waals surface area (Å²) in [7, 11) is 6.78. The molecule has 104 heavy (non-hydrogen) atoms. The third-order valence-corrected chi connectivity index (χ3v) is 21.5. The second-order valence-corrected chi connectivity index (χ2v) is 29.0. The van der Waals surface area contributed by atoms with Crippen LogP contribution in [0.3, 0.4) is 0 Å². The molecule has 2 aromatic carbocycles. The third kappa shape index (κ3) is 19.1. The molecule has 2 saturated carbocycles. The van der Waals surface area contributed by atoms with Gasteiger partial charge in [0, 0.05) is 80.0 Å².